The van der Waals surface area contributed by atoms with Gasteiger partial charge in [0.05, 0.1) is 13.2 Å². The summed E-state index contributed by atoms with van der Waals surface area (Å²) in [5, 5.41) is 29.5. The first-order valence-corrected chi connectivity index (χ1v) is 10.8. The highest BCUT2D eigenvalue weighted by atomic mass is 16.6. The highest BCUT2D eigenvalue weighted by Crippen LogP contribution is 2.27. The Morgan fingerprint density at radius 2 is 1.74 bits per heavy atom. The van der Waals surface area contributed by atoms with E-state index in [9.17, 15) is 29.7 Å². The summed E-state index contributed by atoms with van der Waals surface area (Å²) in [5.41, 5.74) is -1.73. The van der Waals surface area contributed by atoms with Gasteiger partial charge in [0.25, 0.3) is 0 Å². The molecule has 0 aromatic heterocycles. The number of aliphatic hydroxyl groups is 2. The second-order valence-corrected chi connectivity index (χ2v) is 7.57. The summed E-state index contributed by atoms with van der Waals surface area (Å²) >= 11 is 0. The Bertz CT molecular complexity index is 730. The first-order valence-electron chi connectivity index (χ1n) is 10.8. The second-order valence-electron chi connectivity index (χ2n) is 7.57. The topological polar surface area (TPSA) is 130 Å². The van der Waals surface area contributed by atoms with E-state index in [0.717, 1.165) is 31.2 Å². The molecule has 0 bridgehead atoms. The van der Waals surface area contributed by atoms with E-state index in [1.165, 1.54) is 6.07 Å². The van der Waals surface area contributed by atoms with Crippen LogP contribution in [0, 0.1) is 0 Å². The second kappa shape index (κ2) is 13.8. The summed E-state index contributed by atoms with van der Waals surface area (Å²) in [6, 6.07) is 4.70. The molecule has 0 aliphatic heterocycles. The molecule has 0 aliphatic carbocycles. The van der Waals surface area contributed by atoms with Gasteiger partial charge < -0.3 is 24.8 Å². The quantitative estimate of drug-likeness (QED) is 0.216. The van der Waals surface area contributed by atoms with Crippen LogP contribution in [0.3, 0.4) is 0 Å². The molecule has 8 heteroatoms. The minimum Gasteiger partial charge on any atom is -0.504 e. The molecule has 1 aromatic rings. The van der Waals surface area contributed by atoms with Gasteiger partial charge in [-0.15, -0.1) is 0 Å². The molecular formula is C23H34O8. The van der Waals surface area contributed by atoms with Gasteiger partial charge in [0.2, 0.25) is 0 Å². The molecule has 0 spiro atoms. The van der Waals surface area contributed by atoms with Gasteiger partial charge in [-0.2, -0.15) is 0 Å². The molecular weight excluding hydrogens is 404 g/mol. The predicted octanol–water partition coefficient (Wildman–Crippen LogP) is 2.84. The Hall–Kier alpha value is -2.45. The smallest absolute Gasteiger partial charge is 0.348 e. The van der Waals surface area contributed by atoms with E-state index in [4.69, 9.17) is 4.74 Å². The van der Waals surface area contributed by atoms with Gasteiger partial charge >= 0.3 is 11.9 Å². The van der Waals surface area contributed by atoms with Crippen LogP contribution < -0.4 is 4.74 Å². The van der Waals surface area contributed by atoms with Crippen molar-refractivity contribution in [1.29, 1.82) is 0 Å². The SMILES string of the molecule is CCCCCCCC(=O)OC(=O)C(O)(CO)CC(=O)CCc1ccc(O)c(OCC)c1. The molecule has 0 fully saturated rings. The lowest BCUT2D eigenvalue weighted by Crippen LogP contribution is -2.46. The van der Waals surface area contributed by atoms with Crippen LogP contribution in [-0.2, 0) is 25.5 Å². The van der Waals surface area contributed by atoms with Crippen LogP contribution in [0.2, 0.25) is 0 Å². The van der Waals surface area contributed by atoms with Crippen molar-refractivity contribution >= 4 is 17.7 Å². The maximum Gasteiger partial charge on any atom is 0.348 e. The fourth-order valence-electron chi connectivity index (χ4n) is 3.00. The number of Topliss-reactive ketones (excluding diaryl/α,β-unsaturated/α-hetero) is 1. The predicted molar refractivity (Wildman–Crippen MR) is 114 cm³/mol. The van der Waals surface area contributed by atoms with E-state index in [-0.39, 0.29) is 25.0 Å². The molecule has 1 unspecified atom stereocenters. The standard InChI is InChI=1S/C23H34O8/c1-3-5-6-7-8-9-21(27)31-22(28)23(29,16-24)15-18(25)12-10-17-11-13-19(26)20(14-17)30-4-2/h11,13-14,24,26,29H,3-10,12,15-16H2,1-2H3. The fourth-order valence-corrected chi connectivity index (χ4v) is 3.00. The normalized spacial score (nSPS) is 12.8. The van der Waals surface area contributed by atoms with E-state index >= 15 is 0 Å². The third kappa shape index (κ3) is 9.48. The first kappa shape index (κ1) is 26.6. The number of aryl methyl sites for hydroxylation is 1. The molecule has 0 heterocycles. The lowest BCUT2D eigenvalue weighted by Gasteiger charge is -2.22. The van der Waals surface area contributed by atoms with Crippen molar-refractivity contribution in [1.82, 2.24) is 0 Å². The number of carbonyl (C=O) groups is 3. The number of unbranched alkanes of at least 4 members (excludes halogenated alkanes) is 4. The number of ketones is 1. The van der Waals surface area contributed by atoms with Crippen LogP contribution in [0.4, 0.5) is 0 Å². The van der Waals surface area contributed by atoms with Crippen molar-refractivity contribution < 1.29 is 39.2 Å². The number of esters is 2. The monoisotopic (exact) mass is 438 g/mol. The van der Waals surface area contributed by atoms with Gasteiger partial charge in [0.15, 0.2) is 17.1 Å². The van der Waals surface area contributed by atoms with Crippen molar-refractivity contribution in [2.75, 3.05) is 13.2 Å². The molecule has 0 saturated carbocycles. The summed E-state index contributed by atoms with van der Waals surface area (Å²) in [6.07, 6.45) is 4.17. The number of benzene rings is 1. The molecule has 1 aromatic carbocycles. The summed E-state index contributed by atoms with van der Waals surface area (Å²) in [4.78, 5) is 36.2. The minimum atomic E-state index is -2.46. The Balaban J connectivity index is 2.55. The van der Waals surface area contributed by atoms with Crippen LogP contribution >= 0.6 is 0 Å². The highest BCUT2D eigenvalue weighted by molar-refractivity contribution is 5.94. The minimum absolute atomic E-state index is 0.00985. The number of carbonyl (C=O) groups excluding carboxylic acids is 3. The molecule has 0 saturated heterocycles. The maximum absolute atomic E-state index is 12.3. The molecule has 174 valence electrons. The molecule has 1 atom stereocenters. The molecule has 1 rings (SSSR count). The molecule has 0 amide bonds. The lowest BCUT2D eigenvalue weighted by molar-refractivity contribution is -0.179. The number of hydrogen-bond acceptors (Lipinski definition) is 8. The number of hydrogen-bond donors (Lipinski definition) is 3. The first-order chi connectivity index (χ1) is 14.8. The van der Waals surface area contributed by atoms with E-state index in [2.05, 4.69) is 11.7 Å². The van der Waals surface area contributed by atoms with E-state index in [1.54, 1.807) is 19.1 Å². The van der Waals surface area contributed by atoms with Crippen LogP contribution in [-0.4, -0.2) is 51.9 Å². The van der Waals surface area contributed by atoms with Crippen molar-refractivity contribution in [2.45, 2.75) is 77.2 Å². The summed E-state index contributed by atoms with van der Waals surface area (Å²) in [5.74, 6) is -2.29. The lowest BCUT2D eigenvalue weighted by atomic mass is 9.95. The van der Waals surface area contributed by atoms with Gasteiger partial charge in [-0.25, -0.2) is 4.79 Å². The van der Waals surface area contributed by atoms with Gasteiger partial charge in [-0.3, -0.25) is 9.59 Å². The van der Waals surface area contributed by atoms with Crippen molar-refractivity contribution in [2.24, 2.45) is 0 Å². The molecule has 0 aliphatic rings. The average molecular weight is 439 g/mol. The highest BCUT2D eigenvalue weighted by Gasteiger charge is 2.40. The Morgan fingerprint density at radius 3 is 2.39 bits per heavy atom. The van der Waals surface area contributed by atoms with Crippen LogP contribution in [0.5, 0.6) is 11.5 Å². The van der Waals surface area contributed by atoms with Crippen molar-refractivity contribution in [3.05, 3.63) is 23.8 Å². The number of phenols is 1. The van der Waals surface area contributed by atoms with Crippen LogP contribution in [0.15, 0.2) is 18.2 Å². The number of rotatable bonds is 15. The Morgan fingerprint density at radius 1 is 1.03 bits per heavy atom. The zero-order valence-electron chi connectivity index (χ0n) is 18.4. The number of ether oxygens (including phenoxy) is 2. The summed E-state index contributed by atoms with van der Waals surface area (Å²) < 4.78 is 9.94. The zero-order valence-corrected chi connectivity index (χ0v) is 18.4. The number of phenolic OH excluding ortho intramolecular Hbond substituents is 1. The van der Waals surface area contributed by atoms with Gasteiger partial charge in [0.1, 0.15) is 5.78 Å². The zero-order chi connectivity index (χ0) is 23.3. The van der Waals surface area contributed by atoms with Crippen LogP contribution in [0.1, 0.15) is 70.8 Å². The van der Waals surface area contributed by atoms with Gasteiger partial charge in [-0.1, -0.05) is 38.7 Å². The van der Waals surface area contributed by atoms with Crippen molar-refractivity contribution in [3.8, 4) is 11.5 Å². The van der Waals surface area contributed by atoms with Crippen LogP contribution in [0.25, 0.3) is 0 Å². The van der Waals surface area contributed by atoms with Gasteiger partial charge in [0, 0.05) is 19.3 Å². The number of aromatic hydroxyl groups is 1. The van der Waals surface area contributed by atoms with E-state index in [1.807, 2.05) is 0 Å². The summed E-state index contributed by atoms with van der Waals surface area (Å²) in [7, 11) is 0. The van der Waals surface area contributed by atoms with E-state index < -0.39 is 36.4 Å². The Labute approximate surface area is 183 Å². The Kier molecular flexibility index (Phi) is 11.8. The van der Waals surface area contributed by atoms with Gasteiger partial charge in [-0.05, 0) is 37.5 Å². The fraction of sp³-hybridized carbons (Fsp3) is 0.609. The third-order valence-electron chi connectivity index (χ3n) is 4.84. The van der Waals surface area contributed by atoms with E-state index in [0.29, 0.717) is 18.8 Å². The molecule has 31 heavy (non-hydrogen) atoms. The maximum atomic E-state index is 12.3. The van der Waals surface area contributed by atoms with Crippen molar-refractivity contribution in [3.63, 3.8) is 0 Å². The largest absolute Gasteiger partial charge is 0.504 e. The molecule has 0 radical (unpaired) electrons. The molecule has 8 nitrogen and oxygen atoms in total. The third-order valence-corrected chi connectivity index (χ3v) is 4.84. The molecule has 3 N–H and O–H groups in total. The number of aliphatic hydroxyl groups excluding tert-OH is 1. The summed E-state index contributed by atoms with van der Waals surface area (Å²) in [6.45, 7) is 3.20. The average Bonchev–Trinajstić information content (AvgIpc) is 2.74.